The van der Waals surface area contributed by atoms with E-state index in [0.29, 0.717) is 5.56 Å². The normalized spacial score (nSPS) is 36.2. The van der Waals surface area contributed by atoms with Crippen LogP contribution >= 0.6 is 0 Å². The second kappa shape index (κ2) is 14.9. The summed E-state index contributed by atoms with van der Waals surface area (Å²) in [7, 11) is 0. The van der Waals surface area contributed by atoms with E-state index >= 15 is 0 Å². The van der Waals surface area contributed by atoms with E-state index in [-0.39, 0.29) is 29.7 Å². The molecule has 1 amide bonds. The molecule has 5 aliphatic rings. The Labute approximate surface area is 347 Å². The number of nitrogens with one attached hydrogen (secondary N) is 1. The van der Waals surface area contributed by atoms with Gasteiger partial charge in [-0.1, -0.05) is 90.1 Å². The molecule has 13 atom stereocenters. The third-order valence-electron chi connectivity index (χ3n) is 13.5. The minimum atomic E-state index is -2.28. The molecule has 4 fully saturated rings. The lowest BCUT2D eigenvalue weighted by molar-refractivity contribution is -0.364. The fraction of sp³-hybridized carbons (Fsp3) is 0.568. The van der Waals surface area contributed by atoms with Gasteiger partial charge in [0, 0.05) is 29.6 Å². The minimum absolute atomic E-state index is 0.00126. The Kier molecular flexibility index (Phi) is 10.8. The molecule has 2 aliphatic heterocycles. The molecule has 60 heavy (non-hydrogen) atoms. The van der Waals surface area contributed by atoms with Gasteiger partial charge in [0.25, 0.3) is 0 Å². The van der Waals surface area contributed by atoms with Crippen LogP contribution < -0.4 is 5.32 Å². The molecule has 7 rings (SSSR count). The lowest BCUT2D eigenvalue weighted by Crippen LogP contribution is -2.83. The molecule has 0 radical (unpaired) electrons. The minimum Gasteiger partial charge on any atom is -0.454 e. The van der Waals surface area contributed by atoms with Crippen molar-refractivity contribution < 1.29 is 72.8 Å². The molecule has 2 aromatic rings. The lowest BCUT2D eigenvalue weighted by atomic mass is 9.44. The Morgan fingerprint density at radius 3 is 2.12 bits per heavy atom. The van der Waals surface area contributed by atoms with Gasteiger partial charge in [-0.25, -0.2) is 14.4 Å². The molecular formula is C44H53NO15. The zero-order valence-corrected chi connectivity index (χ0v) is 34.7. The summed E-state index contributed by atoms with van der Waals surface area (Å²) in [5, 5.41) is 51.5. The Morgan fingerprint density at radius 1 is 0.933 bits per heavy atom. The van der Waals surface area contributed by atoms with Crippen molar-refractivity contribution in [2.24, 2.45) is 22.2 Å². The molecule has 3 aliphatic carbocycles. The number of esters is 3. The van der Waals surface area contributed by atoms with Crippen LogP contribution in [-0.2, 0) is 42.8 Å². The summed E-state index contributed by atoms with van der Waals surface area (Å²) in [5.74, 6) is -4.96. The second-order valence-corrected chi connectivity index (χ2v) is 18.3. The van der Waals surface area contributed by atoms with Crippen molar-refractivity contribution in [3.05, 3.63) is 82.9 Å². The molecule has 5 N–H and O–H groups in total. The van der Waals surface area contributed by atoms with Crippen LogP contribution in [0.5, 0.6) is 0 Å². The number of hydrogen-bond donors (Lipinski definition) is 5. The maximum absolute atomic E-state index is 14.4. The molecule has 1 spiro atoms. The SMILES string of the molecule is CC(=O)O[C@@]12CO[C@@H]1C[C@H](O)[C@]1(C)C2[C@H](OC(=O)c2ccccc2)[C@]23OC(=O)O[C@H]2[C@H](OC(=O)[C@H](O)[C@@H](NC(=O)C(C)(C)C)c2ccccc2)C(C)=C([C@@H](O)[C@H]1O)C3(C)C. The van der Waals surface area contributed by atoms with Gasteiger partial charge in [0.05, 0.1) is 36.3 Å². The number of carbonyl (C=O) groups excluding carboxylic acids is 5. The lowest BCUT2D eigenvalue weighted by Gasteiger charge is -2.68. The Hall–Kier alpha value is -4.87. The van der Waals surface area contributed by atoms with Gasteiger partial charge in [0.15, 0.2) is 30.0 Å². The van der Waals surface area contributed by atoms with Crippen molar-refractivity contribution >= 4 is 30.0 Å². The van der Waals surface area contributed by atoms with Crippen molar-refractivity contribution in [3.8, 4) is 0 Å². The average Bonchev–Trinajstić information content (AvgIpc) is 3.56. The van der Waals surface area contributed by atoms with Gasteiger partial charge in [-0.15, -0.1) is 0 Å². The number of aliphatic hydroxyl groups excluding tert-OH is 4. The van der Waals surface area contributed by atoms with Crippen LogP contribution in [0.25, 0.3) is 0 Å². The van der Waals surface area contributed by atoms with Gasteiger partial charge in [0.1, 0.15) is 12.2 Å². The molecule has 324 valence electrons. The van der Waals surface area contributed by atoms with E-state index in [1.807, 2.05) is 0 Å². The highest BCUT2D eigenvalue weighted by molar-refractivity contribution is 5.89. The Morgan fingerprint density at radius 2 is 1.55 bits per heavy atom. The topological polar surface area (TPSA) is 234 Å². The quantitative estimate of drug-likeness (QED) is 0.146. The second-order valence-electron chi connectivity index (χ2n) is 18.3. The van der Waals surface area contributed by atoms with E-state index in [4.69, 9.17) is 28.4 Å². The highest BCUT2D eigenvalue weighted by atomic mass is 16.8. The van der Waals surface area contributed by atoms with Crippen molar-refractivity contribution in [2.45, 2.75) is 128 Å². The van der Waals surface area contributed by atoms with E-state index < -0.39 is 118 Å². The fourth-order valence-electron chi connectivity index (χ4n) is 10.4. The Bertz CT molecular complexity index is 2080. The van der Waals surface area contributed by atoms with Gasteiger partial charge in [0.2, 0.25) is 11.5 Å². The molecule has 2 aromatic carbocycles. The maximum Gasteiger partial charge on any atom is 0.509 e. The van der Waals surface area contributed by atoms with Gasteiger partial charge < -0.3 is 54.2 Å². The number of rotatable bonds is 8. The van der Waals surface area contributed by atoms with Crippen LogP contribution in [0, 0.1) is 22.2 Å². The molecule has 2 saturated carbocycles. The first-order valence-electron chi connectivity index (χ1n) is 20.0. The van der Waals surface area contributed by atoms with E-state index in [0.717, 1.165) is 6.92 Å². The smallest absolute Gasteiger partial charge is 0.454 e. The Balaban J connectivity index is 1.43. The standard InChI is InChI=1S/C44H53NO15/c1-21-27-29(48)33(50)42(8)25(47)19-26-43(20-55-26,59-22(2)46)32(42)35(57-36(51)24-17-13-10-14-18-24)44(41(27,6)7)34(58-39(54)60-44)31(21)56-37(52)30(49)28(23-15-11-9-12-16-23)45-38(53)40(3,4)5/h9-18,25-26,28-35,47-50H,19-20H2,1-8H3,(H,45,53)/t25-,26+,28-,29+,30+,31+,32?,33+,34-,35-,42+,43-,44+/m0/s1. The summed E-state index contributed by atoms with van der Waals surface area (Å²) < 4.78 is 36.9. The molecule has 16 nitrogen and oxygen atoms in total. The first-order chi connectivity index (χ1) is 28.0. The van der Waals surface area contributed by atoms with Gasteiger partial charge in [-0.2, -0.15) is 0 Å². The van der Waals surface area contributed by atoms with E-state index in [2.05, 4.69) is 5.32 Å². The number of benzene rings is 2. The maximum atomic E-state index is 14.4. The molecule has 0 aromatic heterocycles. The summed E-state index contributed by atoms with van der Waals surface area (Å²) in [6, 6.07) is 14.8. The summed E-state index contributed by atoms with van der Waals surface area (Å²) in [6.07, 6.45) is -15.0. The third-order valence-corrected chi connectivity index (χ3v) is 13.5. The zero-order valence-electron chi connectivity index (χ0n) is 34.7. The largest absolute Gasteiger partial charge is 0.509 e. The van der Waals surface area contributed by atoms with Crippen LogP contribution in [0.4, 0.5) is 4.79 Å². The van der Waals surface area contributed by atoms with Crippen LogP contribution in [0.2, 0.25) is 0 Å². The van der Waals surface area contributed by atoms with Crippen molar-refractivity contribution in [1.29, 1.82) is 0 Å². The zero-order chi connectivity index (χ0) is 43.9. The first kappa shape index (κ1) is 43.2. The molecule has 2 heterocycles. The van der Waals surface area contributed by atoms with Gasteiger partial charge in [-0.05, 0) is 35.8 Å². The molecule has 16 heteroatoms. The third kappa shape index (κ3) is 6.41. The van der Waals surface area contributed by atoms with Crippen molar-refractivity contribution in [3.63, 3.8) is 0 Å². The number of carbonyl (C=O) groups is 5. The predicted octanol–water partition coefficient (Wildman–Crippen LogP) is 2.84. The van der Waals surface area contributed by atoms with Gasteiger partial charge >= 0.3 is 24.1 Å². The molecular weight excluding hydrogens is 782 g/mol. The van der Waals surface area contributed by atoms with Crippen molar-refractivity contribution in [1.82, 2.24) is 5.32 Å². The number of fused-ring (bicyclic) bond motifs is 4. The highest BCUT2D eigenvalue weighted by Gasteiger charge is 2.82. The average molecular weight is 836 g/mol. The van der Waals surface area contributed by atoms with Gasteiger partial charge in [-0.3, -0.25) is 9.59 Å². The predicted molar refractivity (Wildman–Crippen MR) is 207 cm³/mol. The number of aliphatic hydroxyl groups is 4. The first-order valence-corrected chi connectivity index (χ1v) is 20.0. The molecule has 2 saturated heterocycles. The number of hydrogen-bond acceptors (Lipinski definition) is 15. The monoisotopic (exact) mass is 835 g/mol. The highest BCUT2D eigenvalue weighted by Crippen LogP contribution is 2.67. The van der Waals surface area contributed by atoms with Crippen LogP contribution in [0.1, 0.15) is 83.8 Å². The summed E-state index contributed by atoms with van der Waals surface area (Å²) in [4.78, 5) is 68.9. The number of ether oxygens (including phenoxy) is 6. The fourth-order valence-corrected chi connectivity index (χ4v) is 10.4. The molecule has 1 unspecified atom stereocenters. The summed E-state index contributed by atoms with van der Waals surface area (Å²) in [6.45, 7) is 12.0. The van der Waals surface area contributed by atoms with E-state index in [1.54, 1.807) is 83.1 Å². The van der Waals surface area contributed by atoms with Crippen LogP contribution in [-0.4, -0.2) is 117 Å². The van der Waals surface area contributed by atoms with Crippen molar-refractivity contribution in [2.75, 3.05) is 6.61 Å². The number of amides is 1. The molecule has 2 bridgehead atoms. The summed E-state index contributed by atoms with van der Waals surface area (Å²) >= 11 is 0. The van der Waals surface area contributed by atoms with E-state index in [1.165, 1.54) is 26.0 Å². The van der Waals surface area contributed by atoms with Crippen LogP contribution in [0.3, 0.4) is 0 Å². The van der Waals surface area contributed by atoms with Crippen LogP contribution in [0.15, 0.2) is 71.8 Å². The van der Waals surface area contributed by atoms with E-state index in [9.17, 15) is 44.4 Å². The summed E-state index contributed by atoms with van der Waals surface area (Å²) in [5.41, 5.74) is -7.97.